The van der Waals surface area contributed by atoms with E-state index in [-0.39, 0.29) is 0 Å². The summed E-state index contributed by atoms with van der Waals surface area (Å²) in [6.45, 7) is 1.98. The Labute approximate surface area is 68.6 Å². The van der Waals surface area contributed by atoms with Gasteiger partial charge < -0.3 is 15.4 Å². The molecule has 1 atom stereocenters. The molecule has 3 nitrogen and oxygen atoms in total. The van der Waals surface area contributed by atoms with Crippen molar-refractivity contribution < 1.29 is 4.79 Å². The van der Waals surface area contributed by atoms with Crippen molar-refractivity contribution in [3.05, 3.63) is 0 Å². The van der Waals surface area contributed by atoms with Gasteiger partial charge in [-0.3, -0.25) is 0 Å². The summed E-state index contributed by atoms with van der Waals surface area (Å²) >= 11 is 0. The fourth-order valence-electron chi connectivity index (χ4n) is 0.995. The van der Waals surface area contributed by atoms with Crippen molar-refractivity contribution in [2.75, 3.05) is 27.2 Å². The SMILES string of the molecule is CNC.O=CC1CCCNC1. The first-order chi connectivity index (χ1) is 5.35. The molecule has 1 heterocycles. The molecule has 0 aliphatic carbocycles. The molecule has 1 unspecified atom stereocenters. The van der Waals surface area contributed by atoms with Crippen molar-refractivity contribution in [2.24, 2.45) is 5.92 Å². The highest BCUT2D eigenvalue weighted by atomic mass is 16.1. The van der Waals surface area contributed by atoms with Crippen molar-refractivity contribution >= 4 is 6.29 Å². The van der Waals surface area contributed by atoms with Gasteiger partial charge in [0.25, 0.3) is 0 Å². The van der Waals surface area contributed by atoms with E-state index in [1.807, 2.05) is 14.1 Å². The topological polar surface area (TPSA) is 41.1 Å². The lowest BCUT2D eigenvalue weighted by Crippen LogP contribution is -2.30. The van der Waals surface area contributed by atoms with Crippen LogP contribution in [-0.4, -0.2) is 33.5 Å². The smallest absolute Gasteiger partial charge is 0.124 e. The molecule has 0 spiro atoms. The molecule has 66 valence electrons. The second kappa shape index (κ2) is 7.69. The van der Waals surface area contributed by atoms with Gasteiger partial charge in [0.2, 0.25) is 0 Å². The van der Waals surface area contributed by atoms with Gasteiger partial charge >= 0.3 is 0 Å². The Hall–Kier alpha value is -0.410. The molecule has 11 heavy (non-hydrogen) atoms. The lowest BCUT2D eigenvalue weighted by molar-refractivity contribution is -0.111. The summed E-state index contributed by atoms with van der Waals surface area (Å²) in [7, 11) is 3.75. The second-order valence-corrected chi connectivity index (χ2v) is 2.74. The highest BCUT2D eigenvalue weighted by molar-refractivity contribution is 5.53. The number of nitrogens with one attached hydrogen (secondary N) is 2. The summed E-state index contributed by atoms with van der Waals surface area (Å²) in [4.78, 5) is 10.1. The molecule has 0 radical (unpaired) electrons. The second-order valence-electron chi connectivity index (χ2n) is 2.74. The van der Waals surface area contributed by atoms with Crippen molar-refractivity contribution in [1.29, 1.82) is 0 Å². The first-order valence-corrected chi connectivity index (χ1v) is 4.09. The number of carbonyl (C=O) groups is 1. The third-order valence-electron chi connectivity index (χ3n) is 1.53. The monoisotopic (exact) mass is 158 g/mol. The molecule has 1 aliphatic heterocycles. The van der Waals surface area contributed by atoms with Gasteiger partial charge in [-0.2, -0.15) is 0 Å². The van der Waals surface area contributed by atoms with Gasteiger partial charge in [-0.05, 0) is 33.5 Å². The van der Waals surface area contributed by atoms with Crippen LogP contribution in [0.3, 0.4) is 0 Å². The number of aldehydes is 1. The van der Waals surface area contributed by atoms with E-state index < -0.39 is 0 Å². The molecule has 3 heteroatoms. The molecule has 0 aromatic rings. The van der Waals surface area contributed by atoms with E-state index in [0.717, 1.165) is 32.2 Å². The maximum absolute atomic E-state index is 10.1. The van der Waals surface area contributed by atoms with Gasteiger partial charge in [-0.15, -0.1) is 0 Å². The van der Waals surface area contributed by atoms with Crippen LogP contribution in [0.2, 0.25) is 0 Å². The van der Waals surface area contributed by atoms with E-state index in [0.29, 0.717) is 5.92 Å². The molecule has 1 aliphatic rings. The van der Waals surface area contributed by atoms with Crippen LogP contribution in [-0.2, 0) is 4.79 Å². The highest BCUT2D eigenvalue weighted by Crippen LogP contribution is 2.05. The van der Waals surface area contributed by atoms with Crippen molar-refractivity contribution in [1.82, 2.24) is 10.6 Å². The van der Waals surface area contributed by atoms with Crippen LogP contribution in [0.25, 0.3) is 0 Å². The third kappa shape index (κ3) is 6.01. The van der Waals surface area contributed by atoms with Crippen LogP contribution in [0, 0.1) is 5.92 Å². The maximum Gasteiger partial charge on any atom is 0.124 e. The summed E-state index contributed by atoms with van der Waals surface area (Å²) in [5.74, 6) is 0.295. The van der Waals surface area contributed by atoms with E-state index in [2.05, 4.69) is 10.6 Å². The molecule has 0 amide bonds. The lowest BCUT2D eigenvalue weighted by atomic mass is 10.0. The van der Waals surface area contributed by atoms with E-state index >= 15 is 0 Å². The van der Waals surface area contributed by atoms with Crippen LogP contribution >= 0.6 is 0 Å². The van der Waals surface area contributed by atoms with Gasteiger partial charge in [-0.25, -0.2) is 0 Å². The predicted molar refractivity (Wildman–Crippen MR) is 46.6 cm³/mol. The van der Waals surface area contributed by atoms with Gasteiger partial charge in [-0.1, -0.05) is 0 Å². The normalized spacial score (nSPS) is 23.3. The molecular weight excluding hydrogens is 140 g/mol. The highest BCUT2D eigenvalue weighted by Gasteiger charge is 2.09. The molecular formula is C8H18N2O. The largest absolute Gasteiger partial charge is 0.323 e. The van der Waals surface area contributed by atoms with Gasteiger partial charge in [0, 0.05) is 12.5 Å². The zero-order valence-electron chi connectivity index (χ0n) is 7.39. The predicted octanol–water partition coefficient (Wildman–Crippen LogP) is 0.0205. The Kier molecular flexibility index (Phi) is 7.41. The van der Waals surface area contributed by atoms with Gasteiger partial charge in [0.15, 0.2) is 0 Å². The summed E-state index contributed by atoms with van der Waals surface area (Å²) in [6, 6.07) is 0. The zero-order valence-corrected chi connectivity index (χ0v) is 7.39. The first-order valence-electron chi connectivity index (χ1n) is 4.09. The van der Waals surface area contributed by atoms with Crippen LogP contribution in [0.15, 0.2) is 0 Å². The minimum absolute atomic E-state index is 0.295. The van der Waals surface area contributed by atoms with E-state index in [1.54, 1.807) is 0 Å². The van der Waals surface area contributed by atoms with E-state index in [9.17, 15) is 4.79 Å². The number of rotatable bonds is 1. The standard InChI is InChI=1S/C6H11NO.C2H7N/c8-5-6-2-1-3-7-4-6;1-3-2/h5-7H,1-4H2;3H,1-2H3. The summed E-state index contributed by atoms with van der Waals surface area (Å²) in [6.07, 6.45) is 3.28. The molecule has 1 fully saturated rings. The van der Waals surface area contributed by atoms with Crippen LogP contribution in [0.4, 0.5) is 0 Å². The van der Waals surface area contributed by atoms with Gasteiger partial charge in [0.1, 0.15) is 6.29 Å². The Bertz CT molecular complexity index is 90.1. The summed E-state index contributed by atoms with van der Waals surface area (Å²) in [5, 5.41) is 5.90. The first kappa shape index (κ1) is 10.6. The van der Waals surface area contributed by atoms with Crippen LogP contribution in [0.1, 0.15) is 12.8 Å². The zero-order chi connectivity index (χ0) is 8.53. The average Bonchev–Trinajstić information content (AvgIpc) is 2.08. The van der Waals surface area contributed by atoms with Crippen LogP contribution in [0.5, 0.6) is 0 Å². The summed E-state index contributed by atoms with van der Waals surface area (Å²) < 4.78 is 0. The number of piperidine rings is 1. The molecule has 1 rings (SSSR count). The van der Waals surface area contributed by atoms with E-state index in [4.69, 9.17) is 0 Å². The molecule has 0 bridgehead atoms. The Morgan fingerprint density at radius 1 is 1.55 bits per heavy atom. The summed E-state index contributed by atoms with van der Waals surface area (Å²) in [5.41, 5.74) is 0. The van der Waals surface area contributed by atoms with Crippen LogP contribution < -0.4 is 10.6 Å². The maximum atomic E-state index is 10.1. The van der Waals surface area contributed by atoms with Gasteiger partial charge in [0.05, 0.1) is 0 Å². The Morgan fingerprint density at radius 3 is 2.45 bits per heavy atom. The number of hydrogen-bond acceptors (Lipinski definition) is 3. The van der Waals surface area contributed by atoms with Crippen molar-refractivity contribution in [3.63, 3.8) is 0 Å². The molecule has 0 aromatic carbocycles. The number of carbonyl (C=O) groups excluding carboxylic acids is 1. The Balaban J connectivity index is 0.000000292. The van der Waals surface area contributed by atoms with E-state index in [1.165, 1.54) is 0 Å². The molecule has 0 saturated carbocycles. The van der Waals surface area contributed by atoms with Crippen molar-refractivity contribution in [3.8, 4) is 0 Å². The minimum Gasteiger partial charge on any atom is -0.323 e. The molecule has 0 aromatic heterocycles. The fraction of sp³-hybridized carbons (Fsp3) is 0.875. The lowest BCUT2D eigenvalue weighted by Gasteiger charge is -2.16. The number of hydrogen-bond donors (Lipinski definition) is 2. The fourth-order valence-corrected chi connectivity index (χ4v) is 0.995. The minimum atomic E-state index is 0.295. The molecule has 1 saturated heterocycles. The quantitative estimate of drug-likeness (QED) is 0.529. The average molecular weight is 158 g/mol. The third-order valence-corrected chi connectivity index (χ3v) is 1.53. The van der Waals surface area contributed by atoms with Crippen molar-refractivity contribution in [2.45, 2.75) is 12.8 Å². The Morgan fingerprint density at radius 2 is 2.18 bits per heavy atom. The molecule has 2 N–H and O–H groups in total.